The minimum atomic E-state index is -3.50. The molecule has 1 saturated heterocycles. The lowest BCUT2D eigenvalue weighted by atomic mass is 10.1. The first kappa shape index (κ1) is 19.8. The number of hydrogen-bond acceptors (Lipinski definition) is 5. The Morgan fingerprint density at radius 1 is 0.839 bits per heavy atom. The largest absolute Gasteiger partial charge is 0.454 e. The van der Waals surface area contributed by atoms with Crippen molar-refractivity contribution in [1.82, 2.24) is 9.21 Å². The van der Waals surface area contributed by atoms with E-state index in [1.54, 1.807) is 28.6 Å². The summed E-state index contributed by atoms with van der Waals surface area (Å²) in [5.41, 5.74) is 2.79. The lowest BCUT2D eigenvalue weighted by molar-refractivity contribution is 0.266. The molecule has 2 heterocycles. The van der Waals surface area contributed by atoms with Crippen LogP contribution in [0.1, 0.15) is 11.1 Å². The van der Waals surface area contributed by atoms with Gasteiger partial charge in [-0.25, -0.2) is 13.4 Å². The smallest absolute Gasteiger partial charge is 0.243 e. The number of ether oxygens (including phenoxy) is 1. The highest BCUT2D eigenvalue weighted by molar-refractivity contribution is 7.89. The van der Waals surface area contributed by atoms with Crippen LogP contribution in [0.15, 0.2) is 82.7 Å². The topological polar surface area (TPSA) is 62.2 Å². The predicted molar refractivity (Wildman–Crippen MR) is 121 cm³/mol. The van der Waals surface area contributed by atoms with E-state index in [1.165, 1.54) is 0 Å². The van der Waals surface area contributed by atoms with Gasteiger partial charge in [-0.1, -0.05) is 36.4 Å². The highest BCUT2D eigenvalue weighted by Crippen LogP contribution is 2.38. The molecule has 0 amide bonds. The van der Waals surface area contributed by atoms with Crippen LogP contribution >= 0.6 is 0 Å². The second-order valence-corrected chi connectivity index (χ2v) is 9.65. The quantitative estimate of drug-likeness (QED) is 0.608. The Balaban J connectivity index is 1.45. The van der Waals surface area contributed by atoms with E-state index in [9.17, 15) is 8.42 Å². The van der Waals surface area contributed by atoms with Gasteiger partial charge in [0, 0.05) is 26.2 Å². The summed E-state index contributed by atoms with van der Waals surface area (Å²) in [5, 5.41) is 0. The summed E-state index contributed by atoms with van der Waals surface area (Å²) in [6, 6.07) is 22.4. The molecule has 2 aliphatic rings. The number of rotatable bonds is 2. The molecule has 0 unspecified atom stereocenters. The third-order valence-electron chi connectivity index (χ3n) is 5.61. The molecule has 0 bridgehead atoms. The lowest BCUT2D eigenvalue weighted by Gasteiger charge is -2.35. The van der Waals surface area contributed by atoms with Crippen molar-refractivity contribution in [2.75, 3.05) is 26.2 Å². The summed E-state index contributed by atoms with van der Waals surface area (Å²) >= 11 is 0. The average molecular weight is 434 g/mol. The molecule has 0 saturated carbocycles. The lowest BCUT2D eigenvalue weighted by Crippen LogP contribution is -2.50. The van der Waals surface area contributed by atoms with Crippen molar-refractivity contribution in [2.24, 2.45) is 4.99 Å². The van der Waals surface area contributed by atoms with Gasteiger partial charge < -0.3 is 9.64 Å². The first-order valence-electron chi connectivity index (χ1n) is 10.3. The molecule has 158 valence electrons. The maximum Gasteiger partial charge on any atom is 0.243 e. The van der Waals surface area contributed by atoms with Gasteiger partial charge >= 0.3 is 0 Å². The molecule has 0 spiro atoms. The standard InChI is InChI=1S/C24H23N3O3S/c1-18-11-12-21-23(17-18)30-22-10-6-5-9-20(22)24(25-21)26-13-15-27(16-14-26)31(28,29)19-7-3-2-4-8-19/h2-12,17H,13-16H2,1H3. The number of para-hydroxylation sites is 1. The van der Waals surface area contributed by atoms with Gasteiger partial charge in [-0.2, -0.15) is 4.31 Å². The van der Waals surface area contributed by atoms with Crippen molar-refractivity contribution < 1.29 is 13.2 Å². The maximum atomic E-state index is 13.0. The van der Waals surface area contributed by atoms with Gasteiger partial charge in [0.05, 0.1) is 10.5 Å². The summed E-state index contributed by atoms with van der Waals surface area (Å²) in [5.74, 6) is 2.30. The number of fused-ring (bicyclic) bond motifs is 2. The van der Waals surface area contributed by atoms with Gasteiger partial charge in [-0.3, -0.25) is 0 Å². The third-order valence-corrected chi connectivity index (χ3v) is 7.52. The molecule has 6 nitrogen and oxygen atoms in total. The summed E-state index contributed by atoms with van der Waals surface area (Å²) in [6.07, 6.45) is 0. The van der Waals surface area contributed by atoms with E-state index < -0.39 is 10.0 Å². The van der Waals surface area contributed by atoms with Crippen LogP contribution in [0.5, 0.6) is 11.5 Å². The van der Waals surface area contributed by atoms with Gasteiger partial charge in [-0.05, 0) is 48.9 Å². The van der Waals surface area contributed by atoms with E-state index in [1.807, 2.05) is 55.5 Å². The fourth-order valence-electron chi connectivity index (χ4n) is 3.95. The molecule has 3 aromatic rings. The van der Waals surface area contributed by atoms with E-state index in [-0.39, 0.29) is 0 Å². The zero-order valence-corrected chi connectivity index (χ0v) is 18.0. The Labute approximate surface area is 182 Å². The van der Waals surface area contributed by atoms with Gasteiger partial charge in [0.15, 0.2) is 5.75 Å². The Morgan fingerprint density at radius 3 is 2.32 bits per heavy atom. The number of piperazine rings is 1. The van der Waals surface area contributed by atoms with Crippen LogP contribution in [0.2, 0.25) is 0 Å². The Bertz CT molecular complexity index is 1250. The summed E-state index contributed by atoms with van der Waals surface area (Å²) < 4.78 is 33.7. The number of sulfonamides is 1. The van der Waals surface area contributed by atoms with Gasteiger partial charge in [0.25, 0.3) is 0 Å². The molecule has 0 radical (unpaired) electrons. The summed E-state index contributed by atoms with van der Waals surface area (Å²) in [7, 11) is -3.50. The van der Waals surface area contributed by atoms with Crippen LogP contribution in [0.4, 0.5) is 5.69 Å². The van der Waals surface area contributed by atoms with Crippen molar-refractivity contribution in [3.8, 4) is 11.5 Å². The molecular formula is C24H23N3O3S. The van der Waals surface area contributed by atoms with E-state index in [0.717, 1.165) is 34.1 Å². The number of hydrogen-bond donors (Lipinski definition) is 0. The van der Waals surface area contributed by atoms with Crippen LogP contribution < -0.4 is 4.74 Å². The zero-order valence-electron chi connectivity index (χ0n) is 17.2. The Morgan fingerprint density at radius 2 is 1.55 bits per heavy atom. The minimum Gasteiger partial charge on any atom is -0.454 e. The molecule has 1 fully saturated rings. The zero-order chi connectivity index (χ0) is 21.4. The molecule has 7 heteroatoms. The SMILES string of the molecule is Cc1ccc2c(c1)Oc1ccccc1C(N1CCN(S(=O)(=O)c3ccccc3)CC1)=N2. The Hall–Kier alpha value is -3.16. The molecule has 0 atom stereocenters. The van der Waals surface area contributed by atoms with Crippen LogP contribution in [-0.2, 0) is 10.0 Å². The van der Waals surface area contributed by atoms with E-state index in [0.29, 0.717) is 31.1 Å². The Kier molecular flexibility index (Phi) is 5.00. The fourth-order valence-corrected chi connectivity index (χ4v) is 5.39. The molecule has 2 aliphatic heterocycles. The first-order valence-corrected chi connectivity index (χ1v) is 11.7. The number of aryl methyl sites for hydroxylation is 1. The third kappa shape index (κ3) is 3.71. The van der Waals surface area contributed by atoms with E-state index >= 15 is 0 Å². The summed E-state index contributed by atoms with van der Waals surface area (Å²) in [6.45, 7) is 3.94. The van der Waals surface area contributed by atoms with Crippen LogP contribution in [0, 0.1) is 6.92 Å². The van der Waals surface area contributed by atoms with Crippen molar-refractivity contribution >= 4 is 21.5 Å². The predicted octanol–water partition coefficient (Wildman–Crippen LogP) is 4.19. The van der Waals surface area contributed by atoms with Crippen LogP contribution in [0.25, 0.3) is 0 Å². The van der Waals surface area contributed by atoms with Gasteiger partial charge in [0.2, 0.25) is 10.0 Å². The van der Waals surface area contributed by atoms with Crippen molar-refractivity contribution in [1.29, 1.82) is 0 Å². The second kappa shape index (κ2) is 7.83. The number of amidine groups is 1. The number of benzene rings is 3. The highest BCUT2D eigenvalue weighted by atomic mass is 32.2. The first-order chi connectivity index (χ1) is 15.0. The van der Waals surface area contributed by atoms with Crippen LogP contribution in [0.3, 0.4) is 0 Å². The van der Waals surface area contributed by atoms with Gasteiger partial charge in [0.1, 0.15) is 17.3 Å². The second-order valence-electron chi connectivity index (χ2n) is 7.71. The molecular weight excluding hydrogens is 410 g/mol. The monoisotopic (exact) mass is 433 g/mol. The van der Waals surface area contributed by atoms with Crippen LogP contribution in [-0.4, -0.2) is 49.6 Å². The molecule has 0 aliphatic carbocycles. The van der Waals surface area contributed by atoms with E-state index in [2.05, 4.69) is 4.90 Å². The van der Waals surface area contributed by atoms with Crippen molar-refractivity contribution in [3.05, 3.63) is 83.9 Å². The van der Waals surface area contributed by atoms with Crippen molar-refractivity contribution in [3.63, 3.8) is 0 Å². The number of aliphatic imine (C=N–C) groups is 1. The normalized spacial score (nSPS) is 16.5. The fraction of sp³-hybridized carbons (Fsp3) is 0.208. The molecule has 0 N–H and O–H groups in total. The molecule has 3 aromatic carbocycles. The molecule has 5 rings (SSSR count). The maximum absolute atomic E-state index is 13.0. The van der Waals surface area contributed by atoms with Gasteiger partial charge in [-0.15, -0.1) is 0 Å². The average Bonchev–Trinajstić information content (AvgIpc) is 2.96. The minimum absolute atomic E-state index is 0.332. The van der Waals surface area contributed by atoms with E-state index in [4.69, 9.17) is 9.73 Å². The highest BCUT2D eigenvalue weighted by Gasteiger charge is 2.31. The van der Waals surface area contributed by atoms with Crippen molar-refractivity contribution in [2.45, 2.75) is 11.8 Å². The number of nitrogens with zero attached hydrogens (tertiary/aromatic N) is 3. The molecule has 0 aromatic heterocycles. The summed E-state index contributed by atoms with van der Waals surface area (Å²) in [4.78, 5) is 7.42. The molecule has 31 heavy (non-hydrogen) atoms.